The minimum Gasteiger partial charge on any atom is -0.367 e. The van der Waals surface area contributed by atoms with Crippen molar-refractivity contribution in [3.05, 3.63) is 71.3 Å². The van der Waals surface area contributed by atoms with Crippen molar-refractivity contribution in [2.24, 2.45) is 7.05 Å². The number of nitrogens with one attached hydrogen (secondary N) is 1. The van der Waals surface area contributed by atoms with Crippen LogP contribution in [0.5, 0.6) is 0 Å². The number of carbonyl (C=O) groups excluding carboxylic acids is 1. The second-order valence-electron chi connectivity index (χ2n) is 10.4. The molecule has 0 atom stereocenters. The summed E-state index contributed by atoms with van der Waals surface area (Å²) in [6, 6.07) is 15.8. The number of fused-ring (bicyclic) bond motifs is 1. The SMILES string of the molecule is Cc1cc(CC(=O)N(Cc2cccc(-c3cc4c(NC5CC5)ncnc4cc3C)c2)C2CC2)n(C)n1. The van der Waals surface area contributed by atoms with Crippen LogP contribution in [0.3, 0.4) is 0 Å². The fourth-order valence-electron chi connectivity index (χ4n) is 4.98. The van der Waals surface area contributed by atoms with Crippen LogP contribution in [0.25, 0.3) is 22.0 Å². The largest absolute Gasteiger partial charge is 0.367 e. The fourth-order valence-corrected chi connectivity index (χ4v) is 4.98. The number of carbonyl (C=O) groups is 1. The predicted molar refractivity (Wildman–Crippen MR) is 142 cm³/mol. The number of hydrogen-bond acceptors (Lipinski definition) is 5. The van der Waals surface area contributed by atoms with Crippen LogP contribution in [0, 0.1) is 13.8 Å². The lowest BCUT2D eigenvalue weighted by Crippen LogP contribution is -2.34. The van der Waals surface area contributed by atoms with Crippen LogP contribution in [-0.2, 0) is 24.8 Å². The van der Waals surface area contributed by atoms with Gasteiger partial charge in [0.05, 0.1) is 17.6 Å². The summed E-state index contributed by atoms with van der Waals surface area (Å²) in [6.45, 7) is 4.72. The van der Waals surface area contributed by atoms with Crippen molar-refractivity contribution in [3.8, 4) is 11.1 Å². The number of aryl methyl sites for hydroxylation is 3. The van der Waals surface area contributed by atoms with Gasteiger partial charge in [-0.05, 0) is 86.1 Å². The molecule has 0 aliphatic heterocycles. The third kappa shape index (κ3) is 4.70. The Kier molecular flexibility index (Phi) is 5.70. The number of hydrogen-bond donors (Lipinski definition) is 1. The van der Waals surface area contributed by atoms with Crippen LogP contribution in [0.4, 0.5) is 5.82 Å². The maximum absolute atomic E-state index is 13.3. The Morgan fingerprint density at radius 3 is 2.64 bits per heavy atom. The van der Waals surface area contributed by atoms with Gasteiger partial charge in [-0.25, -0.2) is 9.97 Å². The van der Waals surface area contributed by atoms with E-state index in [0.717, 1.165) is 52.1 Å². The lowest BCUT2D eigenvalue weighted by Gasteiger charge is -2.23. The number of amides is 1. The molecule has 2 heterocycles. The molecule has 2 aliphatic carbocycles. The monoisotopic (exact) mass is 480 g/mol. The average molecular weight is 481 g/mol. The van der Waals surface area contributed by atoms with Gasteiger partial charge in [0, 0.05) is 36.8 Å². The van der Waals surface area contributed by atoms with E-state index in [1.54, 1.807) is 6.33 Å². The smallest absolute Gasteiger partial charge is 0.229 e. The molecule has 6 rings (SSSR count). The third-order valence-corrected chi connectivity index (χ3v) is 7.23. The second kappa shape index (κ2) is 9.04. The summed E-state index contributed by atoms with van der Waals surface area (Å²) in [5.41, 5.74) is 7.51. The molecule has 184 valence electrons. The van der Waals surface area contributed by atoms with Gasteiger partial charge in [0.15, 0.2) is 0 Å². The minimum absolute atomic E-state index is 0.167. The first kappa shape index (κ1) is 22.7. The summed E-state index contributed by atoms with van der Waals surface area (Å²) < 4.78 is 1.82. The van der Waals surface area contributed by atoms with Crippen molar-refractivity contribution in [2.75, 3.05) is 5.32 Å². The van der Waals surface area contributed by atoms with E-state index in [4.69, 9.17) is 0 Å². The van der Waals surface area contributed by atoms with Crippen molar-refractivity contribution in [1.29, 1.82) is 0 Å². The van der Waals surface area contributed by atoms with Crippen LogP contribution in [0.1, 0.15) is 48.2 Å². The first-order valence-electron chi connectivity index (χ1n) is 12.8. The Balaban J connectivity index is 1.28. The summed E-state index contributed by atoms with van der Waals surface area (Å²) in [5, 5.41) is 9.00. The van der Waals surface area contributed by atoms with Gasteiger partial charge in [0.2, 0.25) is 5.91 Å². The Hall–Kier alpha value is -3.74. The van der Waals surface area contributed by atoms with E-state index < -0.39 is 0 Å². The molecule has 0 radical (unpaired) electrons. The second-order valence-corrected chi connectivity index (χ2v) is 10.4. The van der Waals surface area contributed by atoms with Crippen molar-refractivity contribution in [2.45, 2.75) is 64.6 Å². The highest BCUT2D eigenvalue weighted by atomic mass is 16.2. The minimum atomic E-state index is 0.167. The molecule has 2 aromatic carbocycles. The van der Waals surface area contributed by atoms with E-state index in [0.29, 0.717) is 25.0 Å². The molecule has 36 heavy (non-hydrogen) atoms. The lowest BCUT2D eigenvalue weighted by atomic mass is 9.96. The van der Waals surface area contributed by atoms with E-state index in [2.05, 4.69) is 68.6 Å². The first-order valence-corrected chi connectivity index (χ1v) is 12.8. The number of nitrogens with zero attached hydrogens (tertiary/aromatic N) is 5. The molecule has 0 saturated heterocycles. The lowest BCUT2D eigenvalue weighted by molar-refractivity contribution is -0.131. The molecule has 2 fully saturated rings. The van der Waals surface area contributed by atoms with E-state index in [9.17, 15) is 4.79 Å². The number of anilines is 1. The van der Waals surface area contributed by atoms with Crippen LogP contribution in [0.2, 0.25) is 0 Å². The Morgan fingerprint density at radius 1 is 1.08 bits per heavy atom. The molecular weight excluding hydrogens is 448 g/mol. The van der Waals surface area contributed by atoms with Crippen molar-refractivity contribution in [1.82, 2.24) is 24.6 Å². The van der Waals surface area contributed by atoms with Crippen LogP contribution in [0.15, 0.2) is 48.8 Å². The van der Waals surface area contributed by atoms with Gasteiger partial charge in [-0.3, -0.25) is 9.48 Å². The predicted octanol–water partition coefficient (Wildman–Crippen LogP) is 4.96. The Morgan fingerprint density at radius 2 is 1.92 bits per heavy atom. The van der Waals surface area contributed by atoms with Crippen LogP contribution in [-0.4, -0.2) is 42.6 Å². The Labute approximate surface area is 211 Å². The molecule has 1 N–H and O–H groups in total. The third-order valence-electron chi connectivity index (χ3n) is 7.23. The number of benzene rings is 2. The van der Waals surface area contributed by atoms with E-state index in [-0.39, 0.29) is 5.91 Å². The van der Waals surface area contributed by atoms with Gasteiger partial charge in [0.1, 0.15) is 12.1 Å². The highest BCUT2D eigenvalue weighted by Gasteiger charge is 2.33. The van der Waals surface area contributed by atoms with Gasteiger partial charge in [-0.1, -0.05) is 18.2 Å². The molecule has 7 nitrogen and oxygen atoms in total. The zero-order valence-electron chi connectivity index (χ0n) is 21.2. The van der Waals surface area contributed by atoms with E-state index in [1.807, 2.05) is 24.7 Å². The first-order chi connectivity index (χ1) is 17.4. The maximum atomic E-state index is 13.3. The van der Waals surface area contributed by atoms with Gasteiger partial charge >= 0.3 is 0 Å². The quantitative estimate of drug-likeness (QED) is 0.386. The molecule has 2 aliphatic rings. The van der Waals surface area contributed by atoms with Crippen LogP contribution >= 0.6 is 0 Å². The van der Waals surface area contributed by atoms with Gasteiger partial charge in [-0.15, -0.1) is 0 Å². The highest BCUT2D eigenvalue weighted by molar-refractivity contribution is 5.94. The van der Waals surface area contributed by atoms with Gasteiger partial charge < -0.3 is 10.2 Å². The maximum Gasteiger partial charge on any atom is 0.229 e. The molecule has 7 heteroatoms. The molecule has 2 aromatic heterocycles. The summed E-state index contributed by atoms with van der Waals surface area (Å²) in [6.07, 6.45) is 6.58. The van der Waals surface area contributed by atoms with Crippen molar-refractivity contribution in [3.63, 3.8) is 0 Å². The van der Waals surface area contributed by atoms with E-state index in [1.165, 1.54) is 24.0 Å². The molecular formula is C29H32N6O. The van der Waals surface area contributed by atoms with Gasteiger partial charge in [0.25, 0.3) is 0 Å². The molecule has 1 amide bonds. The molecule has 0 unspecified atom stereocenters. The highest BCUT2D eigenvalue weighted by Crippen LogP contribution is 2.34. The van der Waals surface area contributed by atoms with Crippen molar-refractivity contribution >= 4 is 22.6 Å². The van der Waals surface area contributed by atoms with E-state index >= 15 is 0 Å². The summed E-state index contributed by atoms with van der Waals surface area (Å²) in [7, 11) is 1.91. The number of rotatable bonds is 8. The summed E-state index contributed by atoms with van der Waals surface area (Å²) in [4.78, 5) is 24.4. The fraction of sp³-hybridized carbons (Fsp3) is 0.379. The zero-order chi connectivity index (χ0) is 24.8. The molecule has 0 bridgehead atoms. The average Bonchev–Trinajstić information content (AvgIpc) is 3.78. The Bertz CT molecular complexity index is 1450. The van der Waals surface area contributed by atoms with Crippen LogP contribution < -0.4 is 5.32 Å². The van der Waals surface area contributed by atoms with Gasteiger partial charge in [-0.2, -0.15) is 5.10 Å². The summed E-state index contributed by atoms with van der Waals surface area (Å²) >= 11 is 0. The summed E-state index contributed by atoms with van der Waals surface area (Å²) in [5.74, 6) is 1.08. The normalized spacial score (nSPS) is 15.3. The van der Waals surface area contributed by atoms with Crippen molar-refractivity contribution < 1.29 is 4.79 Å². The topological polar surface area (TPSA) is 75.9 Å². The molecule has 2 saturated carbocycles. The number of aromatic nitrogens is 4. The molecule has 4 aromatic rings. The molecule has 0 spiro atoms. The zero-order valence-corrected chi connectivity index (χ0v) is 21.2. The standard InChI is InChI=1S/C29H32N6O/c1-18-11-27-26(29(31-17-30-27)32-22-7-8-22)15-25(18)21-6-4-5-20(13-21)16-35(23-9-10-23)28(36)14-24-12-19(2)33-34(24)3/h4-6,11-13,15,17,22-23H,7-10,14,16H2,1-3H3,(H,30,31,32).